The van der Waals surface area contributed by atoms with Crippen molar-refractivity contribution in [3.05, 3.63) is 109 Å². The number of halogens is 2. The molecule has 0 amide bonds. The number of aryl methyl sites for hydroxylation is 1. The minimum atomic E-state index is -0.219. The Bertz CT molecular complexity index is 1650. The summed E-state index contributed by atoms with van der Waals surface area (Å²) in [6.07, 6.45) is 1.71. The summed E-state index contributed by atoms with van der Waals surface area (Å²) in [5.74, 6) is 0.353. The number of fused-ring (bicyclic) bond motifs is 2. The molecule has 0 unspecified atom stereocenters. The highest BCUT2D eigenvalue weighted by molar-refractivity contribution is 7.98. The lowest BCUT2D eigenvalue weighted by molar-refractivity contribution is 0.819. The second-order valence-electron chi connectivity index (χ2n) is 7.48. The normalized spacial score (nSPS) is 11.4. The van der Waals surface area contributed by atoms with Crippen LogP contribution in [0, 0.1) is 6.92 Å². The van der Waals surface area contributed by atoms with E-state index in [1.54, 1.807) is 48.7 Å². The first-order chi connectivity index (χ1) is 15.9. The Morgan fingerprint density at radius 2 is 1.67 bits per heavy atom. The van der Waals surface area contributed by atoms with E-state index < -0.39 is 0 Å². The van der Waals surface area contributed by atoms with Crippen LogP contribution in [0.1, 0.15) is 11.3 Å². The summed E-state index contributed by atoms with van der Waals surface area (Å²) < 4.78 is 3.04. The first-order valence-corrected chi connectivity index (χ1v) is 11.7. The Kier molecular flexibility index (Phi) is 5.70. The molecule has 0 spiro atoms. The molecule has 0 radical (unpaired) electrons. The zero-order chi connectivity index (χ0) is 23.1. The summed E-state index contributed by atoms with van der Waals surface area (Å²) in [6.45, 7) is 1.95. The van der Waals surface area contributed by atoms with Crippen LogP contribution in [0.2, 0.25) is 10.0 Å². The zero-order valence-electron chi connectivity index (χ0n) is 17.3. The van der Waals surface area contributed by atoms with Crippen LogP contribution in [-0.2, 0) is 5.75 Å². The van der Waals surface area contributed by atoms with Crippen molar-refractivity contribution < 1.29 is 0 Å². The quantitative estimate of drug-likeness (QED) is 0.250. The number of hydrogen-bond donors (Lipinski definition) is 0. The molecule has 0 saturated carbocycles. The zero-order valence-corrected chi connectivity index (χ0v) is 19.7. The van der Waals surface area contributed by atoms with Crippen molar-refractivity contribution in [1.82, 2.24) is 18.9 Å². The van der Waals surface area contributed by atoms with E-state index in [9.17, 15) is 9.59 Å². The molecule has 0 aliphatic rings. The Labute approximate surface area is 202 Å². The summed E-state index contributed by atoms with van der Waals surface area (Å²) in [5.41, 5.74) is 2.94. The topological polar surface area (TPSA) is 69.3 Å². The minimum Gasteiger partial charge on any atom is -0.269 e. The van der Waals surface area contributed by atoms with Crippen LogP contribution >= 0.6 is 35.0 Å². The number of aromatic nitrogens is 4. The van der Waals surface area contributed by atoms with Crippen LogP contribution in [0.3, 0.4) is 0 Å². The van der Waals surface area contributed by atoms with E-state index in [4.69, 9.17) is 28.2 Å². The van der Waals surface area contributed by atoms with Gasteiger partial charge in [0, 0.05) is 28.1 Å². The largest absolute Gasteiger partial charge is 0.269 e. The molecule has 0 saturated heterocycles. The van der Waals surface area contributed by atoms with Crippen molar-refractivity contribution in [3.63, 3.8) is 0 Å². The molecule has 0 aliphatic heterocycles. The Morgan fingerprint density at radius 1 is 0.909 bits per heavy atom. The third-order valence-corrected chi connectivity index (χ3v) is 6.57. The number of benzene rings is 2. The van der Waals surface area contributed by atoms with E-state index in [2.05, 4.69) is 4.98 Å². The van der Waals surface area contributed by atoms with Gasteiger partial charge in [-0.1, -0.05) is 35.0 Å². The fourth-order valence-corrected chi connectivity index (χ4v) is 4.72. The van der Waals surface area contributed by atoms with Gasteiger partial charge in [-0.15, -0.1) is 0 Å². The molecule has 0 atom stereocenters. The summed E-state index contributed by atoms with van der Waals surface area (Å²) >= 11 is 13.5. The fraction of sp³-hybridized carbons (Fsp3) is 0.0833. The van der Waals surface area contributed by atoms with Crippen LogP contribution in [-0.4, -0.2) is 18.9 Å². The summed E-state index contributed by atoms with van der Waals surface area (Å²) in [6, 6.07) is 17.2. The first-order valence-electron chi connectivity index (χ1n) is 9.99. The Balaban J connectivity index is 1.62. The van der Waals surface area contributed by atoms with Gasteiger partial charge in [-0.25, -0.2) is 9.97 Å². The highest BCUT2D eigenvalue weighted by atomic mass is 35.5. The van der Waals surface area contributed by atoms with Gasteiger partial charge in [0.25, 0.3) is 11.1 Å². The average Bonchev–Trinajstić information content (AvgIpc) is 2.78. The smallest absolute Gasteiger partial charge is 0.266 e. The van der Waals surface area contributed by atoms with Crippen LogP contribution in [0.25, 0.3) is 22.2 Å². The lowest BCUT2D eigenvalue weighted by Crippen LogP contribution is -2.22. The molecule has 164 valence electrons. The van der Waals surface area contributed by atoms with E-state index in [1.165, 1.54) is 26.8 Å². The first kappa shape index (κ1) is 21.7. The number of rotatable bonds is 4. The third kappa shape index (κ3) is 4.27. The number of thioether (sulfide) groups is 1. The van der Waals surface area contributed by atoms with E-state index in [0.29, 0.717) is 48.9 Å². The van der Waals surface area contributed by atoms with Crippen LogP contribution in [0.4, 0.5) is 0 Å². The van der Waals surface area contributed by atoms with E-state index in [1.807, 2.05) is 19.1 Å². The molecule has 0 bridgehead atoms. The molecule has 9 heteroatoms. The van der Waals surface area contributed by atoms with Crippen LogP contribution in [0.5, 0.6) is 0 Å². The molecule has 2 aromatic carbocycles. The van der Waals surface area contributed by atoms with E-state index in [0.717, 1.165) is 5.56 Å². The van der Waals surface area contributed by atoms with Gasteiger partial charge in [0.15, 0.2) is 5.16 Å². The predicted octanol–water partition coefficient (Wildman–Crippen LogP) is 5.30. The van der Waals surface area contributed by atoms with Gasteiger partial charge in [-0.05, 0) is 67.1 Å². The van der Waals surface area contributed by atoms with Crippen molar-refractivity contribution in [2.75, 3.05) is 0 Å². The molecule has 0 N–H and O–H groups in total. The Morgan fingerprint density at radius 3 is 2.45 bits per heavy atom. The van der Waals surface area contributed by atoms with E-state index in [-0.39, 0.29) is 11.1 Å². The third-order valence-electron chi connectivity index (χ3n) is 5.11. The molecule has 0 aliphatic carbocycles. The molecule has 6 nitrogen and oxygen atoms in total. The molecule has 33 heavy (non-hydrogen) atoms. The summed E-state index contributed by atoms with van der Waals surface area (Å²) in [7, 11) is 0. The van der Waals surface area contributed by atoms with Gasteiger partial charge in [-0.2, -0.15) is 0 Å². The standard InChI is InChI=1S/C24H16Cl2N4O2S/c1-14-8-9-29-21(10-14)27-17(12-22(29)31)13-33-24-28-20-11-16(26)4-7-19(20)23(32)30(24)18-5-2-15(25)3-6-18/h2-12H,13H2,1H3. The molecule has 3 aromatic heterocycles. The van der Waals surface area contributed by atoms with Gasteiger partial charge < -0.3 is 0 Å². The monoisotopic (exact) mass is 494 g/mol. The van der Waals surface area contributed by atoms with Gasteiger partial charge in [0.05, 0.1) is 22.3 Å². The second kappa shape index (κ2) is 8.67. The van der Waals surface area contributed by atoms with Gasteiger partial charge in [-0.3, -0.25) is 18.6 Å². The lowest BCUT2D eigenvalue weighted by Gasteiger charge is -2.13. The molecule has 0 fully saturated rings. The van der Waals surface area contributed by atoms with Crippen LogP contribution < -0.4 is 11.1 Å². The predicted molar refractivity (Wildman–Crippen MR) is 133 cm³/mol. The number of hydrogen-bond acceptors (Lipinski definition) is 5. The lowest BCUT2D eigenvalue weighted by atomic mass is 10.2. The average molecular weight is 495 g/mol. The number of nitrogens with zero attached hydrogens (tertiary/aromatic N) is 4. The molecule has 5 rings (SSSR count). The fourth-order valence-electron chi connectivity index (χ4n) is 3.52. The Hall–Kier alpha value is -3.13. The maximum absolute atomic E-state index is 13.4. The van der Waals surface area contributed by atoms with Crippen molar-refractivity contribution in [1.29, 1.82) is 0 Å². The summed E-state index contributed by atoms with van der Waals surface area (Å²) in [5, 5.41) is 1.98. The van der Waals surface area contributed by atoms with Gasteiger partial charge >= 0.3 is 0 Å². The molecular weight excluding hydrogens is 479 g/mol. The molecular formula is C24H16Cl2N4O2S. The SMILES string of the molecule is Cc1ccn2c(=O)cc(CSc3nc4cc(Cl)ccc4c(=O)n3-c3ccc(Cl)cc3)nc2c1. The maximum atomic E-state index is 13.4. The van der Waals surface area contributed by atoms with Crippen molar-refractivity contribution in [2.24, 2.45) is 0 Å². The second-order valence-corrected chi connectivity index (χ2v) is 9.29. The molecule has 5 aromatic rings. The highest BCUT2D eigenvalue weighted by Gasteiger charge is 2.15. The summed E-state index contributed by atoms with van der Waals surface area (Å²) in [4.78, 5) is 35.2. The van der Waals surface area contributed by atoms with Crippen LogP contribution in [0.15, 0.2) is 81.6 Å². The van der Waals surface area contributed by atoms with Gasteiger partial charge in [0.2, 0.25) is 0 Å². The number of pyridine rings is 1. The van der Waals surface area contributed by atoms with Gasteiger partial charge in [0.1, 0.15) is 5.65 Å². The van der Waals surface area contributed by atoms with Crippen molar-refractivity contribution >= 4 is 51.5 Å². The van der Waals surface area contributed by atoms with Crippen molar-refractivity contribution in [3.8, 4) is 5.69 Å². The highest BCUT2D eigenvalue weighted by Crippen LogP contribution is 2.26. The molecule has 3 heterocycles. The van der Waals surface area contributed by atoms with E-state index >= 15 is 0 Å². The van der Waals surface area contributed by atoms with Crippen molar-refractivity contribution in [2.45, 2.75) is 17.8 Å². The minimum absolute atomic E-state index is 0.163. The maximum Gasteiger partial charge on any atom is 0.266 e.